The molecule has 24 heavy (non-hydrogen) atoms. The molecule has 0 unspecified atom stereocenters. The fourth-order valence-corrected chi connectivity index (χ4v) is 3.33. The fourth-order valence-electron chi connectivity index (χ4n) is 3.33. The van der Waals surface area contributed by atoms with Crippen LogP contribution in [0.1, 0.15) is 47.5 Å². The summed E-state index contributed by atoms with van der Waals surface area (Å²) in [5.41, 5.74) is 1.59. The van der Waals surface area contributed by atoms with Crippen LogP contribution < -0.4 is 5.32 Å². The van der Waals surface area contributed by atoms with Gasteiger partial charge in [0.1, 0.15) is 5.76 Å². The predicted octanol–water partition coefficient (Wildman–Crippen LogP) is 2.20. The number of nitrogens with one attached hydrogen (secondary N) is 1. The molecule has 2 aromatic rings. The average molecular weight is 326 g/mol. The fraction of sp³-hybridized carbons (Fsp3) is 0.500. The van der Waals surface area contributed by atoms with E-state index >= 15 is 0 Å². The van der Waals surface area contributed by atoms with E-state index in [-0.39, 0.29) is 11.9 Å². The highest BCUT2D eigenvalue weighted by Crippen LogP contribution is 2.40. The number of nitrogens with zero attached hydrogens (tertiary/aromatic N) is 3. The molecule has 0 bridgehead atoms. The van der Waals surface area contributed by atoms with Gasteiger partial charge in [0.2, 0.25) is 0 Å². The number of hydrogen-bond donors (Lipinski definition) is 1. The SMILES string of the molecule is C[C@@H]1CN(Cc2cccnc2)C[C@@H]1NC(=O)c1cc(C2CC2)on1. The zero-order valence-corrected chi connectivity index (χ0v) is 13.8. The van der Waals surface area contributed by atoms with Crippen LogP contribution in [0.2, 0.25) is 0 Å². The van der Waals surface area contributed by atoms with Crippen LogP contribution in [0.5, 0.6) is 0 Å². The molecule has 6 nitrogen and oxygen atoms in total. The molecule has 0 aromatic carbocycles. The molecule has 2 aromatic heterocycles. The van der Waals surface area contributed by atoms with Gasteiger partial charge in [-0.2, -0.15) is 0 Å². The molecular weight excluding hydrogens is 304 g/mol. The lowest BCUT2D eigenvalue weighted by atomic mass is 10.1. The standard InChI is InChI=1S/C18H22N4O2/c1-12-9-22(10-13-3-2-6-19-8-13)11-16(12)20-18(23)15-7-17(24-21-15)14-4-5-14/h2-3,6-8,12,14,16H,4-5,9-11H2,1H3,(H,20,23)/t12-,16+/m1/s1. The topological polar surface area (TPSA) is 71.3 Å². The maximum atomic E-state index is 12.4. The Hall–Kier alpha value is -2.21. The Bertz CT molecular complexity index is 711. The van der Waals surface area contributed by atoms with E-state index in [4.69, 9.17) is 4.52 Å². The summed E-state index contributed by atoms with van der Waals surface area (Å²) in [6, 6.07) is 5.96. The Morgan fingerprint density at radius 1 is 1.42 bits per heavy atom. The largest absolute Gasteiger partial charge is 0.360 e. The van der Waals surface area contributed by atoms with E-state index in [2.05, 4.69) is 33.3 Å². The third-order valence-electron chi connectivity index (χ3n) is 4.87. The highest BCUT2D eigenvalue weighted by atomic mass is 16.5. The molecule has 1 aliphatic carbocycles. The monoisotopic (exact) mass is 326 g/mol. The minimum Gasteiger partial charge on any atom is -0.360 e. The highest BCUT2D eigenvalue weighted by molar-refractivity contribution is 5.92. The first-order valence-corrected chi connectivity index (χ1v) is 8.58. The molecule has 1 amide bonds. The summed E-state index contributed by atoms with van der Waals surface area (Å²) in [4.78, 5) is 18.9. The molecule has 1 saturated heterocycles. The molecular formula is C18H22N4O2. The van der Waals surface area contributed by atoms with Gasteiger partial charge in [0.15, 0.2) is 5.69 Å². The number of carbonyl (C=O) groups is 1. The number of rotatable bonds is 5. The second-order valence-corrected chi connectivity index (χ2v) is 7.00. The van der Waals surface area contributed by atoms with Crippen LogP contribution >= 0.6 is 0 Å². The lowest BCUT2D eigenvalue weighted by Crippen LogP contribution is -2.39. The second-order valence-electron chi connectivity index (χ2n) is 7.00. The van der Waals surface area contributed by atoms with Crippen molar-refractivity contribution in [2.45, 2.75) is 38.3 Å². The van der Waals surface area contributed by atoms with Gasteiger partial charge >= 0.3 is 0 Å². The molecule has 2 aliphatic rings. The lowest BCUT2D eigenvalue weighted by Gasteiger charge is -2.16. The van der Waals surface area contributed by atoms with Crippen molar-refractivity contribution in [1.29, 1.82) is 0 Å². The maximum absolute atomic E-state index is 12.4. The number of hydrogen-bond acceptors (Lipinski definition) is 5. The van der Waals surface area contributed by atoms with Gasteiger partial charge in [-0.15, -0.1) is 0 Å². The van der Waals surface area contributed by atoms with Crippen molar-refractivity contribution >= 4 is 5.91 Å². The van der Waals surface area contributed by atoms with Gasteiger partial charge in [0, 0.05) is 50.1 Å². The van der Waals surface area contributed by atoms with Crippen molar-refractivity contribution in [2.24, 2.45) is 5.92 Å². The number of carbonyl (C=O) groups excluding carboxylic acids is 1. The average Bonchev–Trinajstić information content (AvgIpc) is 3.21. The first-order valence-electron chi connectivity index (χ1n) is 8.58. The third kappa shape index (κ3) is 3.33. The first kappa shape index (κ1) is 15.3. The number of pyridine rings is 1. The molecule has 1 aliphatic heterocycles. The van der Waals surface area contributed by atoms with Gasteiger partial charge in [-0.25, -0.2) is 0 Å². The Kier molecular flexibility index (Phi) is 4.06. The van der Waals surface area contributed by atoms with Crippen molar-refractivity contribution < 1.29 is 9.32 Å². The van der Waals surface area contributed by atoms with Crippen molar-refractivity contribution in [3.63, 3.8) is 0 Å². The smallest absolute Gasteiger partial charge is 0.273 e. The summed E-state index contributed by atoms with van der Waals surface area (Å²) in [5.74, 6) is 1.59. The van der Waals surface area contributed by atoms with E-state index in [1.165, 1.54) is 5.56 Å². The molecule has 4 rings (SSSR count). The minimum atomic E-state index is -0.134. The van der Waals surface area contributed by atoms with Crippen molar-refractivity contribution in [3.8, 4) is 0 Å². The van der Waals surface area contributed by atoms with Gasteiger partial charge in [-0.3, -0.25) is 14.7 Å². The first-order chi connectivity index (χ1) is 11.7. The summed E-state index contributed by atoms with van der Waals surface area (Å²) in [6.45, 7) is 4.84. The molecule has 1 saturated carbocycles. The van der Waals surface area contributed by atoms with Crippen molar-refractivity contribution in [3.05, 3.63) is 47.6 Å². The Morgan fingerprint density at radius 2 is 2.29 bits per heavy atom. The van der Waals surface area contributed by atoms with Gasteiger partial charge in [-0.05, 0) is 30.4 Å². The van der Waals surface area contributed by atoms with Crippen LogP contribution in [-0.4, -0.2) is 40.1 Å². The summed E-state index contributed by atoms with van der Waals surface area (Å²) in [7, 11) is 0. The molecule has 0 spiro atoms. The summed E-state index contributed by atoms with van der Waals surface area (Å²) >= 11 is 0. The lowest BCUT2D eigenvalue weighted by molar-refractivity contribution is 0.0922. The van der Waals surface area contributed by atoms with E-state index in [9.17, 15) is 4.79 Å². The van der Waals surface area contributed by atoms with Gasteiger partial charge in [0.25, 0.3) is 5.91 Å². The normalized spacial score (nSPS) is 24.2. The van der Waals surface area contributed by atoms with Crippen LogP contribution in [0, 0.1) is 5.92 Å². The minimum absolute atomic E-state index is 0.134. The predicted molar refractivity (Wildman–Crippen MR) is 88.4 cm³/mol. The second kappa shape index (κ2) is 6.36. The molecule has 2 atom stereocenters. The van der Waals surface area contributed by atoms with E-state index in [0.29, 0.717) is 17.5 Å². The number of amides is 1. The third-order valence-corrected chi connectivity index (χ3v) is 4.87. The van der Waals surface area contributed by atoms with Crippen molar-refractivity contribution in [2.75, 3.05) is 13.1 Å². The summed E-state index contributed by atoms with van der Waals surface area (Å²) < 4.78 is 5.27. The van der Waals surface area contributed by atoms with Crippen LogP contribution in [-0.2, 0) is 6.54 Å². The number of likely N-dealkylation sites (tertiary alicyclic amines) is 1. The summed E-state index contributed by atoms with van der Waals surface area (Å²) in [6.07, 6.45) is 5.96. The van der Waals surface area contributed by atoms with Crippen molar-refractivity contribution in [1.82, 2.24) is 20.4 Å². The molecule has 3 heterocycles. The van der Waals surface area contributed by atoms with E-state index in [1.807, 2.05) is 12.3 Å². The molecule has 1 N–H and O–H groups in total. The quantitative estimate of drug-likeness (QED) is 0.912. The molecule has 6 heteroatoms. The zero-order chi connectivity index (χ0) is 16.5. The van der Waals surface area contributed by atoms with E-state index in [1.54, 1.807) is 12.3 Å². The summed E-state index contributed by atoms with van der Waals surface area (Å²) in [5, 5.41) is 7.04. The Balaban J connectivity index is 1.34. The van der Waals surface area contributed by atoms with E-state index in [0.717, 1.165) is 38.2 Å². The van der Waals surface area contributed by atoms with Crippen LogP contribution in [0.15, 0.2) is 35.1 Å². The maximum Gasteiger partial charge on any atom is 0.273 e. The molecule has 2 fully saturated rings. The number of aromatic nitrogens is 2. The van der Waals surface area contributed by atoms with Gasteiger partial charge in [-0.1, -0.05) is 18.1 Å². The van der Waals surface area contributed by atoms with Crippen LogP contribution in [0.3, 0.4) is 0 Å². The van der Waals surface area contributed by atoms with Crippen LogP contribution in [0.4, 0.5) is 0 Å². The van der Waals surface area contributed by atoms with Crippen LogP contribution in [0.25, 0.3) is 0 Å². The van der Waals surface area contributed by atoms with Gasteiger partial charge < -0.3 is 9.84 Å². The Morgan fingerprint density at radius 3 is 3.04 bits per heavy atom. The van der Waals surface area contributed by atoms with E-state index < -0.39 is 0 Å². The zero-order valence-electron chi connectivity index (χ0n) is 13.8. The van der Waals surface area contributed by atoms with Gasteiger partial charge in [0.05, 0.1) is 0 Å². The highest BCUT2D eigenvalue weighted by Gasteiger charge is 2.33. The Labute approximate surface area is 141 Å². The molecule has 0 radical (unpaired) electrons. The molecule has 126 valence electrons.